The summed E-state index contributed by atoms with van der Waals surface area (Å²) in [7, 11) is 0. The summed E-state index contributed by atoms with van der Waals surface area (Å²) in [5.74, 6) is 1.23. The number of aromatic nitrogens is 2. The van der Waals surface area contributed by atoms with Crippen molar-refractivity contribution in [2.45, 2.75) is 33.0 Å². The van der Waals surface area contributed by atoms with E-state index in [1.165, 1.54) is 29.4 Å². The Morgan fingerprint density at radius 3 is 2.48 bits per heavy atom. The van der Waals surface area contributed by atoms with Crippen LogP contribution in [0.5, 0.6) is 0 Å². The second kappa shape index (κ2) is 6.78. The fraction of sp³-hybridized carbons (Fsp3) is 0.556. The third kappa shape index (κ3) is 3.86. The molecule has 0 N–H and O–H groups in total. The van der Waals surface area contributed by atoms with Crippen LogP contribution in [0, 0.1) is 11.8 Å². The number of rotatable bonds is 3. The molecule has 7 heteroatoms. The molecule has 25 heavy (non-hydrogen) atoms. The Hall–Kier alpha value is -1.89. The SMILES string of the molecule is C[C@H]1C[C@H](C)CN(CCn2cnc3c(C(F)(F)F)cccc3c2=O)C1. The van der Waals surface area contributed by atoms with Gasteiger partial charge in [-0.15, -0.1) is 0 Å². The molecule has 1 saturated heterocycles. The normalized spacial score (nSPS) is 22.4. The molecule has 1 aromatic heterocycles. The van der Waals surface area contributed by atoms with Gasteiger partial charge in [-0.25, -0.2) is 4.98 Å². The molecule has 3 rings (SSSR count). The molecule has 1 aromatic carbocycles. The van der Waals surface area contributed by atoms with Gasteiger partial charge in [0.2, 0.25) is 0 Å². The Morgan fingerprint density at radius 1 is 1.16 bits per heavy atom. The predicted molar refractivity (Wildman–Crippen MR) is 90.4 cm³/mol. The predicted octanol–water partition coefficient (Wildman–Crippen LogP) is 3.39. The molecule has 0 bridgehead atoms. The van der Waals surface area contributed by atoms with Gasteiger partial charge in [0.25, 0.3) is 5.56 Å². The van der Waals surface area contributed by atoms with Crippen LogP contribution in [0.2, 0.25) is 0 Å². The number of para-hydroxylation sites is 1. The molecule has 1 fully saturated rings. The Kier molecular flexibility index (Phi) is 4.86. The van der Waals surface area contributed by atoms with E-state index in [0.717, 1.165) is 19.2 Å². The van der Waals surface area contributed by atoms with Gasteiger partial charge in [0.1, 0.15) is 0 Å². The van der Waals surface area contributed by atoms with Crippen LogP contribution < -0.4 is 5.56 Å². The van der Waals surface area contributed by atoms with Gasteiger partial charge in [-0.05, 0) is 30.4 Å². The van der Waals surface area contributed by atoms with Crippen LogP contribution in [0.15, 0.2) is 29.3 Å². The van der Waals surface area contributed by atoms with Gasteiger partial charge < -0.3 is 4.90 Å². The summed E-state index contributed by atoms with van der Waals surface area (Å²) in [6, 6.07) is 3.61. The maximum absolute atomic E-state index is 13.1. The van der Waals surface area contributed by atoms with Crippen LogP contribution in [0.1, 0.15) is 25.8 Å². The van der Waals surface area contributed by atoms with E-state index < -0.39 is 17.3 Å². The standard InChI is InChI=1S/C18H22F3N3O/c1-12-8-13(2)10-23(9-12)6-7-24-11-22-16-14(17(24)25)4-3-5-15(16)18(19,20)21/h3-5,11-13H,6-10H2,1-2H3/t12-,13-/m0/s1. The second-order valence-electron chi connectivity index (χ2n) is 7.15. The van der Waals surface area contributed by atoms with E-state index in [0.29, 0.717) is 24.9 Å². The van der Waals surface area contributed by atoms with Crippen molar-refractivity contribution in [2.75, 3.05) is 19.6 Å². The molecule has 4 nitrogen and oxygen atoms in total. The van der Waals surface area contributed by atoms with E-state index in [9.17, 15) is 18.0 Å². The van der Waals surface area contributed by atoms with E-state index >= 15 is 0 Å². The summed E-state index contributed by atoms with van der Waals surface area (Å²) in [6.07, 6.45) is -2.09. The fourth-order valence-electron chi connectivity index (χ4n) is 3.80. The zero-order valence-electron chi connectivity index (χ0n) is 14.4. The first-order valence-electron chi connectivity index (χ1n) is 8.53. The minimum Gasteiger partial charge on any atom is -0.301 e. The zero-order chi connectivity index (χ0) is 18.2. The quantitative estimate of drug-likeness (QED) is 0.849. The average molecular weight is 353 g/mol. The monoisotopic (exact) mass is 353 g/mol. The number of alkyl halides is 3. The lowest BCUT2D eigenvalue weighted by Crippen LogP contribution is -2.41. The van der Waals surface area contributed by atoms with Gasteiger partial charge in [-0.3, -0.25) is 9.36 Å². The molecule has 0 radical (unpaired) electrons. The maximum Gasteiger partial charge on any atom is 0.418 e. The van der Waals surface area contributed by atoms with Crippen molar-refractivity contribution in [2.24, 2.45) is 11.8 Å². The number of nitrogens with zero attached hydrogens (tertiary/aromatic N) is 3. The number of halogens is 3. The third-order valence-corrected chi connectivity index (χ3v) is 4.76. The first-order chi connectivity index (χ1) is 11.8. The van der Waals surface area contributed by atoms with Crippen molar-refractivity contribution >= 4 is 10.9 Å². The van der Waals surface area contributed by atoms with Crippen LogP contribution in [0.25, 0.3) is 10.9 Å². The summed E-state index contributed by atoms with van der Waals surface area (Å²) in [5, 5.41) is 0.0118. The minimum atomic E-state index is -4.52. The van der Waals surface area contributed by atoms with Crippen molar-refractivity contribution in [3.63, 3.8) is 0 Å². The van der Waals surface area contributed by atoms with Crippen molar-refractivity contribution in [1.29, 1.82) is 0 Å². The highest BCUT2D eigenvalue weighted by Gasteiger charge is 2.33. The van der Waals surface area contributed by atoms with Crippen LogP contribution in [0.3, 0.4) is 0 Å². The largest absolute Gasteiger partial charge is 0.418 e. The fourth-order valence-corrected chi connectivity index (χ4v) is 3.80. The van der Waals surface area contributed by atoms with Crippen LogP contribution in [0.4, 0.5) is 13.2 Å². The maximum atomic E-state index is 13.1. The van der Waals surface area contributed by atoms with Gasteiger partial charge >= 0.3 is 6.18 Å². The molecule has 0 unspecified atom stereocenters. The highest BCUT2D eigenvalue weighted by Crippen LogP contribution is 2.32. The number of benzene rings is 1. The smallest absolute Gasteiger partial charge is 0.301 e. The zero-order valence-corrected chi connectivity index (χ0v) is 14.4. The molecule has 2 aromatic rings. The first-order valence-corrected chi connectivity index (χ1v) is 8.53. The third-order valence-electron chi connectivity index (χ3n) is 4.76. The molecule has 2 atom stereocenters. The number of hydrogen-bond donors (Lipinski definition) is 0. The molecular formula is C18H22F3N3O. The van der Waals surface area contributed by atoms with Crippen molar-refractivity contribution in [3.8, 4) is 0 Å². The van der Waals surface area contributed by atoms with E-state index in [1.807, 2.05) is 0 Å². The van der Waals surface area contributed by atoms with Crippen molar-refractivity contribution in [3.05, 3.63) is 40.4 Å². The molecule has 0 aliphatic carbocycles. The molecule has 0 spiro atoms. The molecule has 1 aliphatic rings. The molecule has 1 aliphatic heterocycles. The Bertz CT molecular complexity index is 805. The minimum absolute atomic E-state index is 0.0118. The summed E-state index contributed by atoms with van der Waals surface area (Å²) in [6.45, 7) is 7.52. The molecular weight excluding hydrogens is 331 g/mol. The Labute approximate surface area is 144 Å². The molecule has 0 saturated carbocycles. The van der Waals surface area contributed by atoms with Crippen LogP contribution >= 0.6 is 0 Å². The Balaban J connectivity index is 1.84. The van der Waals surface area contributed by atoms with Crippen LogP contribution in [-0.4, -0.2) is 34.1 Å². The van der Waals surface area contributed by atoms with E-state index in [4.69, 9.17) is 0 Å². The summed E-state index contributed by atoms with van der Waals surface area (Å²) in [5.41, 5.74) is -1.57. The van der Waals surface area contributed by atoms with Crippen LogP contribution in [-0.2, 0) is 12.7 Å². The Morgan fingerprint density at radius 2 is 1.84 bits per heavy atom. The lowest BCUT2D eigenvalue weighted by molar-refractivity contribution is -0.136. The number of fused-ring (bicyclic) bond motifs is 1. The first kappa shape index (κ1) is 17.9. The van der Waals surface area contributed by atoms with Gasteiger partial charge in [-0.2, -0.15) is 13.2 Å². The average Bonchev–Trinajstić information content (AvgIpc) is 2.52. The number of piperidine rings is 1. The summed E-state index contributed by atoms with van der Waals surface area (Å²) in [4.78, 5) is 18.8. The highest BCUT2D eigenvalue weighted by molar-refractivity contribution is 5.81. The topological polar surface area (TPSA) is 38.1 Å². The van der Waals surface area contributed by atoms with Gasteiger partial charge in [0.15, 0.2) is 0 Å². The molecule has 136 valence electrons. The van der Waals surface area contributed by atoms with Crippen molar-refractivity contribution in [1.82, 2.24) is 14.5 Å². The molecule has 2 heterocycles. The highest BCUT2D eigenvalue weighted by atomic mass is 19.4. The lowest BCUT2D eigenvalue weighted by atomic mass is 9.92. The summed E-state index contributed by atoms with van der Waals surface area (Å²) >= 11 is 0. The second-order valence-corrected chi connectivity index (χ2v) is 7.15. The van der Waals surface area contributed by atoms with E-state index in [2.05, 4.69) is 23.7 Å². The lowest BCUT2D eigenvalue weighted by Gasteiger charge is -2.34. The van der Waals surface area contributed by atoms with E-state index in [-0.39, 0.29) is 10.9 Å². The number of hydrogen-bond acceptors (Lipinski definition) is 3. The number of likely N-dealkylation sites (tertiary alicyclic amines) is 1. The van der Waals surface area contributed by atoms with Gasteiger partial charge in [-0.1, -0.05) is 19.9 Å². The summed E-state index contributed by atoms with van der Waals surface area (Å²) < 4.78 is 40.6. The van der Waals surface area contributed by atoms with Gasteiger partial charge in [0.05, 0.1) is 22.8 Å². The van der Waals surface area contributed by atoms with Crippen molar-refractivity contribution < 1.29 is 13.2 Å². The molecule has 0 amide bonds. The van der Waals surface area contributed by atoms with E-state index in [1.54, 1.807) is 0 Å². The van der Waals surface area contributed by atoms with Gasteiger partial charge in [0, 0.05) is 26.2 Å².